The maximum absolute atomic E-state index is 12.4. The van der Waals surface area contributed by atoms with Crippen LogP contribution in [0.1, 0.15) is 35.3 Å². The molecule has 2 N–H and O–H groups in total. The van der Waals surface area contributed by atoms with Crippen molar-refractivity contribution in [2.24, 2.45) is 12.8 Å². The minimum Gasteiger partial charge on any atom is -0.334 e. The monoisotopic (exact) mass is 272 g/mol. The molecule has 0 aromatic carbocycles. The number of carbonyl (C=O) groups is 1. The number of amides is 1. The minimum absolute atomic E-state index is 0. The van der Waals surface area contributed by atoms with Gasteiger partial charge in [0.05, 0.1) is 11.8 Å². The molecule has 1 aromatic rings. The van der Waals surface area contributed by atoms with E-state index in [-0.39, 0.29) is 24.4 Å². The van der Waals surface area contributed by atoms with Crippen molar-refractivity contribution < 1.29 is 4.79 Å². The molecule has 1 amide bonds. The van der Waals surface area contributed by atoms with E-state index in [4.69, 9.17) is 5.73 Å². The molecule has 1 aliphatic rings. The first-order valence-electron chi connectivity index (χ1n) is 6.14. The molecule has 0 bridgehead atoms. The van der Waals surface area contributed by atoms with E-state index >= 15 is 0 Å². The highest BCUT2D eigenvalue weighted by molar-refractivity contribution is 5.95. The molecule has 2 heterocycles. The fourth-order valence-electron chi connectivity index (χ4n) is 2.38. The Morgan fingerprint density at radius 3 is 2.83 bits per heavy atom. The predicted molar refractivity (Wildman–Crippen MR) is 72.9 cm³/mol. The number of hydrogen-bond acceptors (Lipinski definition) is 3. The normalized spacial score (nSPS) is 19.5. The first-order chi connectivity index (χ1) is 8.15. The van der Waals surface area contributed by atoms with Crippen LogP contribution in [0.25, 0.3) is 0 Å². The number of nitrogens with zero attached hydrogens (tertiary/aromatic N) is 3. The van der Waals surface area contributed by atoms with Crippen molar-refractivity contribution in [3.63, 3.8) is 0 Å². The topological polar surface area (TPSA) is 64.2 Å². The van der Waals surface area contributed by atoms with E-state index in [0.29, 0.717) is 12.1 Å². The Labute approximate surface area is 114 Å². The van der Waals surface area contributed by atoms with Crippen molar-refractivity contribution in [3.05, 3.63) is 17.5 Å². The Balaban J connectivity index is 0.00000162. The second-order valence-electron chi connectivity index (χ2n) is 4.65. The highest BCUT2D eigenvalue weighted by atomic mass is 35.5. The molecule has 1 fully saturated rings. The lowest BCUT2D eigenvalue weighted by atomic mass is 10.0. The lowest BCUT2D eigenvalue weighted by Crippen LogP contribution is -2.47. The number of halogens is 1. The maximum atomic E-state index is 12.4. The Bertz CT molecular complexity index is 418. The van der Waals surface area contributed by atoms with Gasteiger partial charge in [-0.25, -0.2) is 0 Å². The summed E-state index contributed by atoms with van der Waals surface area (Å²) in [6.45, 7) is 3.28. The van der Waals surface area contributed by atoms with Crippen LogP contribution in [-0.2, 0) is 7.05 Å². The highest BCUT2D eigenvalue weighted by Gasteiger charge is 2.28. The van der Waals surface area contributed by atoms with Gasteiger partial charge in [0.1, 0.15) is 0 Å². The lowest BCUT2D eigenvalue weighted by Gasteiger charge is -2.35. The quantitative estimate of drug-likeness (QED) is 0.877. The number of hydrogen-bond donors (Lipinski definition) is 1. The van der Waals surface area contributed by atoms with Crippen molar-refractivity contribution in [2.45, 2.75) is 32.2 Å². The fraction of sp³-hybridized carbons (Fsp3) is 0.667. The van der Waals surface area contributed by atoms with Crippen molar-refractivity contribution in [2.75, 3.05) is 13.1 Å². The summed E-state index contributed by atoms with van der Waals surface area (Å²) in [6.07, 6.45) is 4.90. The zero-order valence-corrected chi connectivity index (χ0v) is 11.7. The minimum atomic E-state index is 0. The van der Waals surface area contributed by atoms with E-state index in [1.165, 1.54) is 0 Å². The predicted octanol–water partition coefficient (Wildman–Crippen LogP) is 1.10. The molecular formula is C12H21ClN4O. The standard InChI is InChI=1S/C12H20N4O.ClH/c1-9-11(8-14-15(9)2)12(17)16-6-4-3-5-10(16)7-13;/h8,10H,3-7,13H2,1-2H3;1H. The summed E-state index contributed by atoms with van der Waals surface area (Å²) >= 11 is 0. The molecule has 1 atom stereocenters. The third-order valence-electron chi connectivity index (χ3n) is 3.63. The second kappa shape index (κ2) is 6.20. The number of rotatable bonds is 2. The van der Waals surface area contributed by atoms with E-state index in [1.54, 1.807) is 10.9 Å². The van der Waals surface area contributed by atoms with E-state index < -0.39 is 0 Å². The number of nitrogens with two attached hydrogens (primary N) is 1. The smallest absolute Gasteiger partial charge is 0.257 e. The summed E-state index contributed by atoms with van der Waals surface area (Å²) in [5.41, 5.74) is 7.35. The van der Waals surface area contributed by atoms with Crippen LogP contribution in [0.15, 0.2) is 6.20 Å². The van der Waals surface area contributed by atoms with Crippen LogP contribution < -0.4 is 5.73 Å². The molecule has 2 rings (SSSR count). The van der Waals surface area contributed by atoms with Gasteiger partial charge >= 0.3 is 0 Å². The molecule has 6 heteroatoms. The van der Waals surface area contributed by atoms with E-state index in [2.05, 4.69) is 5.10 Å². The summed E-state index contributed by atoms with van der Waals surface area (Å²) in [6, 6.07) is 0.191. The Kier molecular flexibility index (Phi) is 5.16. The Morgan fingerprint density at radius 1 is 1.56 bits per heavy atom. The van der Waals surface area contributed by atoms with Crippen molar-refractivity contribution >= 4 is 18.3 Å². The third-order valence-corrected chi connectivity index (χ3v) is 3.63. The van der Waals surface area contributed by atoms with Gasteiger partial charge in [-0.2, -0.15) is 5.10 Å². The van der Waals surface area contributed by atoms with Crippen LogP contribution in [0, 0.1) is 6.92 Å². The molecule has 18 heavy (non-hydrogen) atoms. The SMILES string of the molecule is Cc1c(C(=O)N2CCCCC2CN)cnn1C.Cl. The van der Waals surface area contributed by atoms with Crippen LogP contribution in [0.5, 0.6) is 0 Å². The van der Waals surface area contributed by atoms with E-state index in [1.807, 2.05) is 18.9 Å². The highest BCUT2D eigenvalue weighted by Crippen LogP contribution is 2.20. The first-order valence-corrected chi connectivity index (χ1v) is 6.14. The van der Waals surface area contributed by atoms with Gasteiger partial charge in [-0.1, -0.05) is 0 Å². The third kappa shape index (κ3) is 2.67. The van der Waals surface area contributed by atoms with Gasteiger partial charge in [0.25, 0.3) is 5.91 Å². The molecule has 0 saturated carbocycles. The van der Waals surface area contributed by atoms with Crippen molar-refractivity contribution in [1.82, 2.24) is 14.7 Å². The average Bonchev–Trinajstić information content (AvgIpc) is 2.69. The Hall–Kier alpha value is -1.07. The summed E-state index contributed by atoms with van der Waals surface area (Å²) < 4.78 is 1.73. The van der Waals surface area contributed by atoms with Gasteiger partial charge in [0, 0.05) is 31.9 Å². The van der Waals surface area contributed by atoms with E-state index in [0.717, 1.165) is 31.5 Å². The number of carbonyl (C=O) groups excluding carboxylic acids is 1. The number of aryl methyl sites for hydroxylation is 1. The summed E-state index contributed by atoms with van der Waals surface area (Å²) in [4.78, 5) is 14.3. The molecule has 0 aliphatic carbocycles. The molecule has 1 unspecified atom stereocenters. The average molecular weight is 273 g/mol. The molecule has 102 valence electrons. The molecule has 0 spiro atoms. The number of aromatic nitrogens is 2. The second-order valence-corrected chi connectivity index (χ2v) is 4.65. The van der Waals surface area contributed by atoms with Crippen LogP contribution in [0.4, 0.5) is 0 Å². The van der Waals surface area contributed by atoms with Gasteiger partial charge in [0.15, 0.2) is 0 Å². The number of likely N-dealkylation sites (tertiary alicyclic amines) is 1. The lowest BCUT2D eigenvalue weighted by molar-refractivity contribution is 0.0622. The molecule has 0 radical (unpaired) electrons. The van der Waals surface area contributed by atoms with E-state index in [9.17, 15) is 4.79 Å². The molecular weight excluding hydrogens is 252 g/mol. The first kappa shape index (κ1) is 15.0. The maximum Gasteiger partial charge on any atom is 0.257 e. The van der Waals surface area contributed by atoms with Gasteiger partial charge in [-0.05, 0) is 26.2 Å². The van der Waals surface area contributed by atoms with Crippen LogP contribution >= 0.6 is 12.4 Å². The largest absolute Gasteiger partial charge is 0.334 e. The molecule has 5 nitrogen and oxygen atoms in total. The summed E-state index contributed by atoms with van der Waals surface area (Å²) in [5.74, 6) is 0.0748. The van der Waals surface area contributed by atoms with Gasteiger partial charge < -0.3 is 10.6 Å². The summed E-state index contributed by atoms with van der Waals surface area (Å²) in [7, 11) is 1.85. The fourth-order valence-corrected chi connectivity index (χ4v) is 2.38. The Morgan fingerprint density at radius 2 is 2.28 bits per heavy atom. The molecule has 1 saturated heterocycles. The zero-order valence-electron chi connectivity index (χ0n) is 10.9. The van der Waals surface area contributed by atoms with Gasteiger partial charge in [-0.15, -0.1) is 12.4 Å². The molecule has 1 aliphatic heterocycles. The van der Waals surface area contributed by atoms with Crippen LogP contribution in [0.2, 0.25) is 0 Å². The van der Waals surface area contributed by atoms with Crippen LogP contribution in [-0.4, -0.2) is 39.7 Å². The van der Waals surface area contributed by atoms with Gasteiger partial charge in [-0.3, -0.25) is 9.48 Å². The summed E-state index contributed by atoms with van der Waals surface area (Å²) in [5, 5.41) is 4.12. The number of piperidine rings is 1. The zero-order chi connectivity index (χ0) is 12.4. The van der Waals surface area contributed by atoms with Crippen molar-refractivity contribution in [3.8, 4) is 0 Å². The van der Waals surface area contributed by atoms with Gasteiger partial charge in [0.2, 0.25) is 0 Å². The van der Waals surface area contributed by atoms with Crippen LogP contribution in [0.3, 0.4) is 0 Å². The molecule has 1 aromatic heterocycles. The van der Waals surface area contributed by atoms with Crippen molar-refractivity contribution in [1.29, 1.82) is 0 Å².